The number of H-pyrrole nitrogens is 1. The molecule has 6 atom stereocenters. The van der Waals surface area contributed by atoms with E-state index in [1.807, 2.05) is 0 Å². The third-order valence-electron chi connectivity index (χ3n) is 4.85. The molecule has 174 valence electrons. The first-order chi connectivity index (χ1) is 15.2. The molecule has 0 saturated carbocycles. The second-order valence-electron chi connectivity index (χ2n) is 6.83. The molecule has 0 aliphatic carbocycles. The van der Waals surface area contributed by atoms with Crippen molar-refractivity contribution in [2.75, 3.05) is 14.2 Å². The van der Waals surface area contributed by atoms with E-state index in [1.165, 1.54) is 32.4 Å². The molecular formula is C19H23N2O10P. The SMILES string of the molecule is COC1C(OC(=O)c2ccccc2)[C@@H](OC(C)P(=O)(O)OC)O[C@H]1n1ccc(=O)[nH]c1=O. The quantitative estimate of drug-likeness (QED) is 0.418. The van der Waals surface area contributed by atoms with E-state index in [4.69, 9.17) is 18.9 Å². The summed E-state index contributed by atoms with van der Waals surface area (Å²) >= 11 is 0. The Morgan fingerprint density at radius 1 is 1.19 bits per heavy atom. The van der Waals surface area contributed by atoms with Gasteiger partial charge in [0, 0.05) is 26.5 Å². The number of nitrogens with zero attached hydrogens (tertiary/aromatic N) is 1. The molecule has 1 aromatic heterocycles. The monoisotopic (exact) mass is 470 g/mol. The Morgan fingerprint density at radius 3 is 2.47 bits per heavy atom. The second kappa shape index (κ2) is 9.90. The number of ether oxygens (including phenoxy) is 4. The molecule has 1 aliphatic rings. The molecular weight excluding hydrogens is 447 g/mol. The van der Waals surface area contributed by atoms with Crippen LogP contribution in [0.1, 0.15) is 23.5 Å². The molecule has 13 heteroatoms. The Kier molecular flexibility index (Phi) is 7.44. The van der Waals surface area contributed by atoms with Crippen LogP contribution in [0.25, 0.3) is 0 Å². The summed E-state index contributed by atoms with van der Waals surface area (Å²) in [5.74, 6) is -2.09. The highest BCUT2D eigenvalue weighted by Gasteiger charge is 2.51. The largest absolute Gasteiger partial charge is 0.450 e. The summed E-state index contributed by atoms with van der Waals surface area (Å²) in [7, 11) is -1.82. The van der Waals surface area contributed by atoms with E-state index in [1.54, 1.807) is 18.2 Å². The lowest BCUT2D eigenvalue weighted by Gasteiger charge is -2.26. The van der Waals surface area contributed by atoms with Gasteiger partial charge >= 0.3 is 19.3 Å². The third-order valence-corrected chi connectivity index (χ3v) is 6.41. The molecule has 1 saturated heterocycles. The van der Waals surface area contributed by atoms with Gasteiger partial charge in [-0.15, -0.1) is 0 Å². The van der Waals surface area contributed by atoms with Crippen molar-refractivity contribution in [3.05, 3.63) is 69.0 Å². The Balaban J connectivity index is 1.95. The molecule has 2 heterocycles. The number of nitrogens with one attached hydrogen (secondary N) is 1. The van der Waals surface area contributed by atoms with Gasteiger partial charge in [-0.05, 0) is 19.1 Å². The average molecular weight is 470 g/mol. The van der Waals surface area contributed by atoms with Crippen LogP contribution < -0.4 is 11.2 Å². The fraction of sp³-hybridized carbons (Fsp3) is 0.421. The van der Waals surface area contributed by atoms with E-state index in [9.17, 15) is 23.8 Å². The Morgan fingerprint density at radius 2 is 1.88 bits per heavy atom. The van der Waals surface area contributed by atoms with Crippen LogP contribution in [0.5, 0.6) is 0 Å². The zero-order valence-electron chi connectivity index (χ0n) is 17.4. The zero-order chi connectivity index (χ0) is 23.5. The number of esters is 1. The molecule has 2 N–H and O–H groups in total. The number of hydrogen-bond acceptors (Lipinski definition) is 9. The van der Waals surface area contributed by atoms with Gasteiger partial charge in [-0.1, -0.05) is 18.2 Å². The van der Waals surface area contributed by atoms with Crippen molar-refractivity contribution >= 4 is 13.6 Å². The summed E-state index contributed by atoms with van der Waals surface area (Å²) < 4.78 is 40.1. The number of rotatable bonds is 8. The highest BCUT2D eigenvalue weighted by atomic mass is 31.2. The van der Waals surface area contributed by atoms with Crippen molar-refractivity contribution in [3.8, 4) is 0 Å². The van der Waals surface area contributed by atoms with Crippen LogP contribution in [0.15, 0.2) is 52.2 Å². The topological polar surface area (TPSA) is 155 Å². The number of carbonyl (C=O) groups is 1. The molecule has 0 spiro atoms. The van der Waals surface area contributed by atoms with Gasteiger partial charge in [0.15, 0.2) is 18.2 Å². The zero-order valence-corrected chi connectivity index (χ0v) is 18.3. The van der Waals surface area contributed by atoms with Crippen molar-refractivity contribution in [2.45, 2.75) is 37.5 Å². The molecule has 1 aliphatic heterocycles. The van der Waals surface area contributed by atoms with Crippen molar-refractivity contribution < 1.29 is 37.7 Å². The minimum atomic E-state index is -4.17. The maximum absolute atomic E-state index is 12.7. The van der Waals surface area contributed by atoms with Crippen LogP contribution in [0.3, 0.4) is 0 Å². The van der Waals surface area contributed by atoms with Crippen molar-refractivity contribution in [1.29, 1.82) is 0 Å². The Hall–Kier alpha value is -2.60. The first-order valence-corrected chi connectivity index (χ1v) is 11.1. The van der Waals surface area contributed by atoms with E-state index in [0.29, 0.717) is 0 Å². The normalized spacial score (nSPS) is 25.8. The van der Waals surface area contributed by atoms with E-state index >= 15 is 0 Å². The Labute approximate surface area is 182 Å². The molecule has 0 amide bonds. The van der Waals surface area contributed by atoms with Gasteiger partial charge in [-0.25, -0.2) is 9.59 Å². The van der Waals surface area contributed by atoms with Crippen LogP contribution in [0, 0.1) is 0 Å². The molecule has 2 aromatic rings. The first kappa shape index (κ1) is 24.1. The fourth-order valence-electron chi connectivity index (χ4n) is 3.13. The number of methoxy groups -OCH3 is 1. The highest BCUT2D eigenvalue weighted by molar-refractivity contribution is 7.53. The number of aromatic nitrogens is 2. The van der Waals surface area contributed by atoms with E-state index < -0.39 is 55.4 Å². The molecule has 3 rings (SSSR count). The summed E-state index contributed by atoms with van der Waals surface area (Å²) in [6, 6.07) is 9.20. The van der Waals surface area contributed by atoms with E-state index in [-0.39, 0.29) is 5.56 Å². The Bertz CT molecular complexity index is 1100. The van der Waals surface area contributed by atoms with Crippen LogP contribution >= 0.6 is 7.60 Å². The van der Waals surface area contributed by atoms with Gasteiger partial charge in [0.05, 0.1) is 5.56 Å². The number of carbonyl (C=O) groups excluding carboxylic acids is 1. The lowest BCUT2D eigenvalue weighted by atomic mass is 10.2. The predicted octanol–water partition coefficient (Wildman–Crippen LogP) is 0.827. The maximum atomic E-state index is 12.7. The molecule has 1 aromatic carbocycles. The summed E-state index contributed by atoms with van der Waals surface area (Å²) in [6.45, 7) is 1.28. The summed E-state index contributed by atoms with van der Waals surface area (Å²) in [5, 5.41) is 0. The van der Waals surface area contributed by atoms with Gasteiger partial charge < -0.3 is 28.4 Å². The fourth-order valence-corrected chi connectivity index (χ4v) is 3.70. The average Bonchev–Trinajstić information content (AvgIpc) is 3.10. The highest BCUT2D eigenvalue weighted by Crippen LogP contribution is 2.48. The minimum Gasteiger partial charge on any atom is -0.450 e. The smallest absolute Gasteiger partial charge is 0.356 e. The molecule has 1 fully saturated rings. The second-order valence-corrected chi connectivity index (χ2v) is 9.05. The molecule has 32 heavy (non-hydrogen) atoms. The summed E-state index contributed by atoms with van der Waals surface area (Å²) in [4.78, 5) is 48.4. The van der Waals surface area contributed by atoms with Crippen molar-refractivity contribution in [3.63, 3.8) is 0 Å². The van der Waals surface area contributed by atoms with Crippen LogP contribution in [-0.4, -0.2) is 59.0 Å². The van der Waals surface area contributed by atoms with Crippen molar-refractivity contribution in [1.82, 2.24) is 9.55 Å². The summed E-state index contributed by atoms with van der Waals surface area (Å²) in [5.41, 5.74) is -1.17. The van der Waals surface area contributed by atoms with Crippen LogP contribution in [0.4, 0.5) is 0 Å². The maximum Gasteiger partial charge on any atom is 0.356 e. The standard InChI is InChI=1S/C19H23N2O10P/c1-11(32(25,26)28-3)29-18-15(30-17(23)12-7-5-4-6-8-12)14(27-2)16(31-18)21-10-9-13(22)20-19(21)24/h4-11,14-16,18H,1-3H3,(H,25,26)(H,20,22,24)/t11?,14?,15?,16-,18+/m1/s1. The minimum absolute atomic E-state index is 0.239. The van der Waals surface area contributed by atoms with E-state index in [2.05, 4.69) is 9.51 Å². The van der Waals surface area contributed by atoms with Gasteiger partial charge in [0.2, 0.25) is 6.29 Å². The molecule has 12 nitrogen and oxygen atoms in total. The van der Waals surface area contributed by atoms with Crippen molar-refractivity contribution in [2.24, 2.45) is 0 Å². The number of hydrogen-bond donors (Lipinski definition) is 2. The third kappa shape index (κ3) is 5.07. The number of aromatic amines is 1. The lowest BCUT2D eigenvalue weighted by molar-refractivity contribution is -0.186. The molecule has 4 unspecified atom stereocenters. The lowest BCUT2D eigenvalue weighted by Crippen LogP contribution is -2.41. The van der Waals surface area contributed by atoms with Gasteiger partial charge in [-0.3, -0.25) is 18.9 Å². The predicted molar refractivity (Wildman–Crippen MR) is 109 cm³/mol. The van der Waals surface area contributed by atoms with E-state index in [0.717, 1.165) is 17.7 Å². The van der Waals surface area contributed by atoms with Gasteiger partial charge in [-0.2, -0.15) is 0 Å². The first-order valence-electron chi connectivity index (χ1n) is 9.47. The van der Waals surface area contributed by atoms with Gasteiger partial charge in [0.25, 0.3) is 5.56 Å². The molecule has 0 bridgehead atoms. The molecule has 0 radical (unpaired) electrons. The summed E-state index contributed by atoms with van der Waals surface area (Å²) in [6.07, 6.45) is -3.70. The van der Waals surface area contributed by atoms with Crippen LogP contribution in [-0.2, 0) is 28.0 Å². The number of benzene rings is 1. The van der Waals surface area contributed by atoms with Gasteiger partial charge in [0.1, 0.15) is 6.10 Å². The van der Waals surface area contributed by atoms with Crippen LogP contribution in [0.2, 0.25) is 0 Å².